The van der Waals surface area contributed by atoms with Gasteiger partial charge in [0.1, 0.15) is 17.0 Å². The Hall–Kier alpha value is -1.08. The first-order valence-corrected chi connectivity index (χ1v) is 7.65. The lowest BCUT2D eigenvalue weighted by Gasteiger charge is -2.26. The van der Waals surface area contributed by atoms with Crippen molar-refractivity contribution in [2.24, 2.45) is 5.73 Å². The van der Waals surface area contributed by atoms with Gasteiger partial charge in [-0.1, -0.05) is 0 Å². The van der Waals surface area contributed by atoms with Crippen molar-refractivity contribution in [1.82, 2.24) is 10.3 Å². The number of aromatic nitrogens is 1. The number of rotatable bonds is 3. The Bertz CT molecular complexity index is 581. The van der Waals surface area contributed by atoms with Crippen molar-refractivity contribution in [3.8, 4) is 10.6 Å². The second-order valence-corrected chi connectivity index (χ2v) is 5.99. The predicted octanol–water partition coefficient (Wildman–Crippen LogP) is 3.25. The van der Waals surface area contributed by atoms with Gasteiger partial charge in [-0.15, -0.1) is 36.2 Å². The maximum atomic E-state index is 12.2. The van der Waals surface area contributed by atoms with Crippen LogP contribution in [0.2, 0.25) is 0 Å². The molecule has 0 saturated heterocycles. The van der Waals surface area contributed by atoms with Crippen molar-refractivity contribution in [2.45, 2.75) is 37.8 Å². The van der Waals surface area contributed by atoms with Crippen LogP contribution in [0.15, 0.2) is 28.4 Å². The van der Waals surface area contributed by atoms with Gasteiger partial charge in [0.15, 0.2) is 0 Å². The van der Waals surface area contributed by atoms with Gasteiger partial charge in [0.25, 0.3) is 5.91 Å². The molecule has 22 heavy (non-hydrogen) atoms. The Balaban J connectivity index is 0.00000121. The molecule has 0 bridgehead atoms. The number of nitrogens with one attached hydrogen (secondary N) is 1. The van der Waals surface area contributed by atoms with Gasteiger partial charge in [0, 0.05) is 23.0 Å². The van der Waals surface area contributed by atoms with E-state index in [9.17, 15) is 4.79 Å². The number of furan rings is 1. The molecule has 1 aliphatic carbocycles. The SMILES string of the molecule is Cl.Cl.NC1CCC(NC(=O)c2csc(-c3ccoc3)n2)CC1. The topological polar surface area (TPSA) is 81.1 Å². The molecule has 2 aromatic rings. The molecule has 1 amide bonds. The van der Waals surface area contributed by atoms with Crippen molar-refractivity contribution in [2.75, 3.05) is 0 Å². The minimum Gasteiger partial charge on any atom is -0.472 e. The molecule has 3 N–H and O–H groups in total. The Morgan fingerprint density at radius 2 is 2.05 bits per heavy atom. The van der Waals surface area contributed by atoms with Crippen LogP contribution in [0.1, 0.15) is 36.2 Å². The lowest BCUT2D eigenvalue weighted by atomic mass is 9.92. The zero-order valence-corrected chi connectivity index (χ0v) is 14.3. The Labute approximate surface area is 145 Å². The molecule has 5 nitrogen and oxygen atoms in total. The summed E-state index contributed by atoms with van der Waals surface area (Å²) < 4.78 is 5.02. The van der Waals surface area contributed by atoms with Crippen LogP contribution in [0, 0.1) is 0 Å². The summed E-state index contributed by atoms with van der Waals surface area (Å²) in [5, 5.41) is 5.63. The molecule has 0 unspecified atom stereocenters. The number of hydrogen-bond donors (Lipinski definition) is 2. The number of nitrogens with two attached hydrogens (primary N) is 1. The maximum Gasteiger partial charge on any atom is 0.270 e. The van der Waals surface area contributed by atoms with Crippen molar-refractivity contribution in [3.63, 3.8) is 0 Å². The van der Waals surface area contributed by atoms with Crippen LogP contribution in [0.3, 0.4) is 0 Å². The van der Waals surface area contributed by atoms with Crippen molar-refractivity contribution in [1.29, 1.82) is 0 Å². The number of amides is 1. The number of thiazole rings is 1. The second-order valence-electron chi connectivity index (χ2n) is 5.14. The van der Waals surface area contributed by atoms with Gasteiger partial charge in [-0.05, 0) is 31.7 Å². The average Bonchev–Trinajstić information content (AvgIpc) is 3.11. The average molecular weight is 364 g/mol. The summed E-state index contributed by atoms with van der Waals surface area (Å²) in [5.41, 5.74) is 7.24. The van der Waals surface area contributed by atoms with Gasteiger partial charge in [0.05, 0.1) is 6.26 Å². The van der Waals surface area contributed by atoms with Crippen LogP contribution < -0.4 is 11.1 Å². The van der Waals surface area contributed by atoms with E-state index in [0.717, 1.165) is 36.3 Å². The molecule has 1 saturated carbocycles. The van der Waals surface area contributed by atoms with Crippen LogP contribution in [-0.4, -0.2) is 23.0 Å². The minimum atomic E-state index is -0.100. The van der Waals surface area contributed by atoms with Crippen molar-refractivity contribution in [3.05, 3.63) is 29.7 Å². The zero-order valence-electron chi connectivity index (χ0n) is 11.9. The van der Waals surface area contributed by atoms with Crippen LogP contribution in [0.5, 0.6) is 0 Å². The monoisotopic (exact) mass is 363 g/mol. The van der Waals surface area contributed by atoms with Crippen molar-refractivity contribution >= 4 is 42.1 Å². The van der Waals surface area contributed by atoms with E-state index in [1.54, 1.807) is 17.9 Å². The van der Waals surface area contributed by atoms with Gasteiger partial charge in [-0.2, -0.15) is 0 Å². The second kappa shape index (κ2) is 8.53. The van der Waals surface area contributed by atoms with Crippen molar-refractivity contribution < 1.29 is 9.21 Å². The fraction of sp³-hybridized carbons (Fsp3) is 0.429. The summed E-state index contributed by atoms with van der Waals surface area (Å²) in [6, 6.07) is 2.35. The number of carbonyl (C=O) groups excluding carboxylic acids is 1. The summed E-state index contributed by atoms with van der Waals surface area (Å²) in [5.74, 6) is -0.100. The molecule has 122 valence electrons. The van der Waals surface area contributed by atoms with E-state index in [-0.39, 0.29) is 42.8 Å². The highest BCUT2D eigenvalue weighted by molar-refractivity contribution is 7.13. The number of carbonyl (C=O) groups is 1. The molecule has 1 aliphatic rings. The third-order valence-electron chi connectivity index (χ3n) is 3.61. The summed E-state index contributed by atoms with van der Waals surface area (Å²) in [6.07, 6.45) is 7.08. The molecule has 2 aromatic heterocycles. The first-order chi connectivity index (χ1) is 9.72. The molecule has 0 radical (unpaired) electrons. The van der Waals surface area contributed by atoms with Crippen LogP contribution in [0.4, 0.5) is 0 Å². The van der Waals surface area contributed by atoms with E-state index in [4.69, 9.17) is 10.2 Å². The van der Waals surface area contributed by atoms with Gasteiger partial charge in [0.2, 0.25) is 0 Å². The molecular formula is C14H19Cl2N3O2S. The lowest BCUT2D eigenvalue weighted by molar-refractivity contribution is 0.0921. The summed E-state index contributed by atoms with van der Waals surface area (Å²) in [7, 11) is 0. The molecule has 0 atom stereocenters. The molecule has 0 spiro atoms. The highest BCUT2D eigenvalue weighted by Gasteiger charge is 2.21. The van der Waals surface area contributed by atoms with Gasteiger partial charge >= 0.3 is 0 Å². The lowest BCUT2D eigenvalue weighted by Crippen LogP contribution is -2.40. The first kappa shape index (κ1) is 19.0. The van der Waals surface area contributed by atoms with Gasteiger partial charge in [-0.3, -0.25) is 4.79 Å². The summed E-state index contributed by atoms with van der Waals surface area (Å²) in [6.45, 7) is 0. The number of halogens is 2. The van der Waals surface area contributed by atoms with E-state index >= 15 is 0 Å². The zero-order chi connectivity index (χ0) is 13.9. The molecule has 3 rings (SSSR count). The van der Waals surface area contributed by atoms with E-state index in [2.05, 4.69) is 10.3 Å². The maximum absolute atomic E-state index is 12.2. The third-order valence-corrected chi connectivity index (χ3v) is 4.50. The van der Waals surface area contributed by atoms with Gasteiger partial charge in [-0.25, -0.2) is 4.98 Å². The van der Waals surface area contributed by atoms with E-state index in [1.165, 1.54) is 11.3 Å². The molecular weight excluding hydrogens is 345 g/mol. The normalized spacial score (nSPS) is 20.6. The smallest absolute Gasteiger partial charge is 0.270 e. The highest BCUT2D eigenvalue weighted by Crippen LogP contribution is 2.24. The number of nitrogens with zero attached hydrogens (tertiary/aromatic N) is 1. The quantitative estimate of drug-likeness (QED) is 0.876. The minimum absolute atomic E-state index is 0. The summed E-state index contributed by atoms with van der Waals surface area (Å²) in [4.78, 5) is 16.5. The summed E-state index contributed by atoms with van der Waals surface area (Å²) >= 11 is 1.45. The fourth-order valence-electron chi connectivity index (χ4n) is 2.42. The van der Waals surface area contributed by atoms with E-state index in [1.807, 2.05) is 6.07 Å². The fourth-order valence-corrected chi connectivity index (χ4v) is 3.21. The van der Waals surface area contributed by atoms with Crippen LogP contribution in [-0.2, 0) is 0 Å². The standard InChI is InChI=1S/C14H17N3O2S.2ClH/c15-10-1-3-11(4-2-10)16-13(18)12-8-20-14(17-12)9-5-6-19-7-9;;/h5-8,10-11H,1-4,15H2,(H,16,18);2*1H. The molecule has 1 fully saturated rings. The predicted molar refractivity (Wildman–Crippen MR) is 92.0 cm³/mol. The van der Waals surface area contributed by atoms with E-state index < -0.39 is 0 Å². The Morgan fingerprint density at radius 1 is 1.32 bits per heavy atom. The van der Waals surface area contributed by atoms with Gasteiger partial charge < -0.3 is 15.5 Å². The highest BCUT2D eigenvalue weighted by atomic mass is 35.5. The third kappa shape index (κ3) is 4.46. The molecule has 0 aliphatic heterocycles. The van der Waals surface area contributed by atoms with Crippen LogP contribution in [0.25, 0.3) is 10.6 Å². The molecule has 2 heterocycles. The Morgan fingerprint density at radius 3 is 2.68 bits per heavy atom. The van der Waals surface area contributed by atoms with E-state index in [0.29, 0.717) is 5.69 Å². The largest absolute Gasteiger partial charge is 0.472 e. The molecule has 8 heteroatoms. The number of hydrogen-bond acceptors (Lipinski definition) is 5. The first-order valence-electron chi connectivity index (χ1n) is 6.77. The molecule has 0 aromatic carbocycles. The van der Waals surface area contributed by atoms with Crippen LogP contribution >= 0.6 is 36.2 Å². The Kier molecular flexibility index (Phi) is 7.35.